The molecule has 5 heteroatoms. The van der Waals surface area contributed by atoms with Crippen LogP contribution in [0.3, 0.4) is 0 Å². The predicted molar refractivity (Wildman–Crippen MR) is 190 cm³/mol. The van der Waals surface area contributed by atoms with Crippen LogP contribution < -0.4 is 19.8 Å². The Morgan fingerprint density at radius 2 is 1.47 bits per heavy atom. The maximum atomic E-state index is 14.2. The normalized spacial score (nSPS) is 11.5. The quantitative estimate of drug-likeness (QED) is 0.0833. The number of aromatic nitrogens is 1. The number of pyridine rings is 1. The Bertz CT molecular complexity index is 1400. The van der Waals surface area contributed by atoms with Gasteiger partial charge in [-0.1, -0.05) is 113 Å². The summed E-state index contributed by atoms with van der Waals surface area (Å²) >= 11 is 0. The van der Waals surface area contributed by atoms with Crippen molar-refractivity contribution in [2.75, 3.05) is 13.2 Å². The summed E-state index contributed by atoms with van der Waals surface area (Å²) in [6, 6.07) is 16.2. The number of fused-ring (bicyclic) bond motifs is 1. The Labute approximate surface area is 272 Å². The van der Waals surface area contributed by atoms with Gasteiger partial charge in [-0.25, -0.2) is 0 Å². The summed E-state index contributed by atoms with van der Waals surface area (Å²) in [5.41, 5.74) is 4.39. The largest absolute Gasteiger partial charge is 0.489 e. The Morgan fingerprint density at radius 1 is 0.756 bits per heavy atom. The molecule has 0 aliphatic carbocycles. The van der Waals surface area contributed by atoms with Gasteiger partial charge in [0.1, 0.15) is 19.0 Å². The standard InChI is InChI=1S/C40H57NO4/c1-6-8-10-12-13-17-27-41-37-30-35(45-31-34-22-15-14-16-23-34)24-25-36(37)38(43-28-18-11-9-7-2)39(40(41)42)44-29-26-33(5)21-19-20-32(3)4/h14-16,20,22-26,30H,6-13,17-19,21,27-29,31H2,1-5H3/b33-26+. The van der Waals surface area contributed by atoms with Gasteiger partial charge >= 0.3 is 0 Å². The second kappa shape index (κ2) is 20.5. The first-order chi connectivity index (χ1) is 21.9. The van der Waals surface area contributed by atoms with E-state index in [1.54, 1.807) is 0 Å². The molecule has 246 valence electrons. The fourth-order valence-electron chi connectivity index (χ4n) is 5.41. The molecular weight excluding hydrogens is 558 g/mol. The molecule has 0 unspecified atom stereocenters. The zero-order valence-corrected chi connectivity index (χ0v) is 28.7. The van der Waals surface area contributed by atoms with Crippen LogP contribution >= 0.6 is 0 Å². The topological polar surface area (TPSA) is 49.7 Å². The highest BCUT2D eigenvalue weighted by Gasteiger charge is 2.20. The van der Waals surface area contributed by atoms with Crippen LogP contribution in [0.4, 0.5) is 0 Å². The lowest BCUT2D eigenvalue weighted by Crippen LogP contribution is -2.24. The summed E-state index contributed by atoms with van der Waals surface area (Å²) in [5, 5.41) is 0.891. The average Bonchev–Trinajstić information content (AvgIpc) is 3.04. The van der Waals surface area contributed by atoms with Crippen molar-refractivity contribution in [2.45, 2.75) is 125 Å². The highest BCUT2D eigenvalue weighted by Crippen LogP contribution is 2.35. The van der Waals surface area contributed by atoms with E-state index >= 15 is 0 Å². The van der Waals surface area contributed by atoms with Crippen molar-refractivity contribution >= 4 is 10.9 Å². The van der Waals surface area contributed by atoms with E-state index in [1.165, 1.54) is 43.3 Å². The minimum absolute atomic E-state index is 0.129. The van der Waals surface area contributed by atoms with E-state index in [9.17, 15) is 4.79 Å². The monoisotopic (exact) mass is 615 g/mol. The first-order valence-corrected chi connectivity index (χ1v) is 17.4. The third-order valence-corrected chi connectivity index (χ3v) is 8.13. The lowest BCUT2D eigenvalue weighted by atomic mass is 10.1. The highest BCUT2D eigenvalue weighted by atomic mass is 16.5. The number of aryl methyl sites for hydroxylation is 1. The van der Waals surface area contributed by atoms with Gasteiger partial charge < -0.3 is 18.8 Å². The van der Waals surface area contributed by atoms with Crippen LogP contribution in [-0.2, 0) is 13.2 Å². The molecule has 2 aromatic carbocycles. The van der Waals surface area contributed by atoms with Crippen LogP contribution in [0, 0.1) is 0 Å². The number of rotatable bonds is 22. The number of allylic oxidation sites excluding steroid dienone is 3. The third-order valence-electron chi connectivity index (χ3n) is 8.13. The second-order valence-electron chi connectivity index (χ2n) is 12.4. The average molecular weight is 616 g/mol. The summed E-state index contributed by atoms with van der Waals surface area (Å²) in [4.78, 5) is 14.2. The minimum atomic E-state index is -0.129. The fourth-order valence-corrected chi connectivity index (χ4v) is 5.41. The first-order valence-electron chi connectivity index (χ1n) is 17.4. The number of unbranched alkanes of at least 4 members (excludes halogenated alkanes) is 8. The van der Waals surface area contributed by atoms with Gasteiger partial charge in [-0.2, -0.15) is 0 Å². The second-order valence-corrected chi connectivity index (χ2v) is 12.4. The molecule has 0 bridgehead atoms. The Kier molecular flexibility index (Phi) is 16.4. The van der Waals surface area contributed by atoms with Crippen LogP contribution in [-0.4, -0.2) is 17.8 Å². The van der Waals surface area contributed by atoms with Gasteiger partial charge in [-0.3, -0.25) is 4.79 Å². The molecule has 0 saturated heterocycles. The van der Waals surface area contributed by atoms with Crippen molar-refractivity contribution in [2.24, 2.45) is 0 Å². The molecule has 0 atom stereocenters. The van der Waals surface area contributed by atoms with Gasteiger partial charge in [0.2, 0.25) is 5.75 Å². The van der Waals surface area contributed by atoms with Crippen molar-refractivity contribution < 1.29 is 14.2 Å². The smallest absolute Gasteiger partial charge is 0.297 e. The van der Waals surface area contributed by atoms with E-state index in [0.717, 1.165) is 67.2 Å². The van der Waals surface area contributed by atoms with Crippen LogP contribution in [0.1, 0.15) is 117 Å². The Hall–Kier alpha value is -3.47. The van der Waals surface area contributed by atoms with E-state index in [2.05, 4.69) is 58.9 Å². The van der Waals surface area contributed by atoms with Gasteiger partial charge in [-0.05, 0) is 70.2 Å². The Morgan fingerprint density at radius 3 is 2.20 bits per heavy atom. The molecule has 0 fully saturated rings. The summed E-state index contributed by atoms with van der Waals surface area (Å²) in [6.45, 7) is 12.8. The number of benzene rings is 2. The summed E-state index contributed by atoms with van der Waals surface area (Å²) in [6.07, 6.45) is 17.6. The molecule has 0 spiro atoms. The van der Waals surface area contributed by atoms with E-state index in [4.69, 9.17) is 14.2 Å². The molecule has 1 aromatic heterocycles. The Balaban J connectivity index is 1.96. The molecule has 0 amide bonds. The zero-order valence-electron chi connectivity index (χ0n) is 28.7. The van der Waals surface area contributed by atoms with E-state index in [-0.39, 0.29) is 5.56 Å². The molecule has 3 rings (SSSR count). The van der Waals surface area contributed by atoms with Crippen molar-refractivity contribution in [3.8, 4) is 17.2 Å². The molecule has 0 radical (unpaired) electrons. The predicted octanol–water partition coefficient (Wildman–Crippen LogP) is 11.0. The third kappa shape index (κ3) is 12.4. The summed E-state index contributed by atoms with van der Waals surface area (Å²) in [5.74, 6) is 1.60. The van der Waals surface area contributed by atoms with Gasteiger partial charge in [0, 0.05) is 18.0 Å². The molecule has 45 heavy (non-hydrogen) atoms. The summed E-state index contributed by atoms with van der Waals surface area (Å²) in [7, 11) is 0. The van der Waals surface area contributed by atoms with Gasteiger partial charge in [0.05, 0.1) is 12.1 Å². The van der Waals surface area contributed by atoms with E-state index in [0.29, 0.717) is 37.9 Å². The van der Waals surface area contributed by atoms with Crippen molar-refractivity contribution in [1.82, 2.24) is 4.57 Å². The van der Waals surface area contributed by atoms with E-state index in [1.807, 2.05) is 41.0 Å². The maximum absolute atomic E-state index is 14.2. The van der Waals surface area contributed by atoms with Crippen LogP contribution in [0.2, 0.25) is 0 Å². The molecule has 1 heterocycles. The molecule has 0 N–H and O–H groups in total. The molecular formula is C40H57NO4. The molecule has 0 saturated carbocycles. The first kappa shape index (κ1) is 36.0. The lowest BCUT2D eigenvalue weighted by Gasteiger charge is -2.19. The SMILES string of the molecule is CCCCCCCCn1c(=O)c(OC/C=C(\C)CCC=C(C)C)c(OCCCCCC)c2ccc(OCc3ccccc3)cc21. The highest BCUT2D eigenvalue weighted by molar-refractivity contribution is 5.89. The van der Waals surface area contributed by atoms with Gasteiger partial charge in [0.15, 0.2) is 5.75 Å². The fraction of sp³-hybridized carbons (Fsp3) is 0.525. The number of ether oxygens (including phenoxy) is 3. The molecule has 3 aromatic rings. The molecule has 0 aliphatic rings. The minimum Gasteiger partial charge on any atom is -0.489 e. The maximum Gasteiger partial charge on any atom is 0.297 e. The van der Waals surface area contributed by atoms with Crippen LogP contribution in [0.25, 0.3) is 10.9 Å². The van der Waals surface area contributed by atoms with Crippen molar-refractivity contribution in [1.29, 1.82) is 0 Å². The lowest BCUT2D eigenvalue weighted by molar-refractivity contribution is 0.275. The van der Waals surface area contributed by atoms with Gasteiger partial charge in [0.25, 0.3) is 5.56 Å². The van der Waals surface area contributed by atoms with Crippen molar-refractivity contribution in [3.63, 3.8) is 0 Å². The van der Waals surface area contributed by atoms with Gasteiger partial charge in [-0.15, -0.1) is 0 Å². The van der Waals surface area contributed by atoms with E-state index < -0.39 is 0 Å². The zero-order chi connectivity index (χ0) is 32.3. The van der Waals surface area contributed by atoms with Crippen LogP contribution in [0.15, 0.2) is 76.6 Å². The van der Waals surface area contributed by atoms with Crippen LogP contribution in [0.5, 0.6) is 17.2 Å². The number of hydrogen-bond acceptors (Lipinski definition) is 4. The van der Waals surface area contributed by atoms with Crippen molar-refractivity contribution in [3.05, 3.63) is 87.7 Å². The number of hydrogen-bond donors (Lipinski definition) is 0. The number of nitrogens with zero attached hydrogens (tertiary/aromatic N) is 1. The summed E-state index contributed by atoms with van der Waals surface area (Å²) < 4.78 is 20.8. The molecule has 5 nitrogen and oxygen atoms in total. The molecule has 0 aliphatic heterocycles.